The number of carbonyl (C=O) groups excluding carboxylic acids is 2. The molecule has 0 aromatic rings. The number of thioether (sulfide) groups is 1. The van der Waals surface area contributed by atoms with E-state index < -0.39 is 18.0 Å². The minimum atomic E-state index is -1.11. The first kappa shape index (κ1) is 21.6. The van der Waals surface area contributed by atoms with Crippen LogP contribution in [0.3, 0.4) is 0 Å². The van der Waals surface area contributed by atoms with E-state index in [-0.39, 0.29) is 46.8 Å². The van der Waals surface area contributed by atoms with Gasteiger partial charge in [-0.25, -0.2) is 4.79 Å². The van der Waals surface area contributed by atoms with Crippen LogP contribution in [0, 0.1) is 17.8 Å². The van der Waals surface area contributed by atoms with Gasteiger partial charge < -0.3 is 25.7 Å². The third-order valence-corrected chi connectivity index (χ3v) is 8.23. The van der Waals surface area contributed by atoms with Gasteiger partial charge in [0.1, 0.15) is 5.70 Å². The summed E-state index contributed by atoms with van der Waals surface area (Å²) in [5.74, 6) is -1.98. The monoisotopic (exact) mass is 438 g/mol. The van der Waals surface area contributed by atoms with Crippen molar-refractivity contribution in [1.82, 2.24) is 20.9 Å². The van der Waals surface area contributed by atoms with Crippen molar-refractivity contribution in [2.75, 3.05) is 19.6 Å². The zero-order chi connectivity index (χ0) is 21.6. The number of carbonyl (C=O) groups is 3. The molecule has 9 nitrogen and oxygen atoms in total. The SMILES string of the molecule is C[C@@H](O)[C@H]1C(=O)N2C(C(=O)O)=C(S[C@@H]3CN[C@@H](NC(=O)C4CCNCC4)C3)[C@H](C)[C@H]12. The van der Waals surface area contributed by atoms with Gasteiger partial charge >= 0.3 is 5.97 Å². The smallest absolute Gasteiger partial charge is 0.353 e. The second-order valence-electron chi connectivity index (χ2n) is 8.74. The number of nitrogens with zero attached hydrogens (tertiary/aromatic N) is 1. The van der Waals surface area contributed by atoms with E-state index in [0.29, 0.717) is 17.9 Å². The van der Waals surface area contributed by atoms with Crippen LogP contribution in [-0.4, -0.2) is 76.1 Å². The minimum Gasteiger partial charge on any atom is -0.477 e. The van der Waals surface area contributed by atoms with E-state index in [1.54, 1.807) is 6.92 Å². The summed E-state index contributed by atoms with van der Waals surface area (Å²) in [6, 6.07) is -0.295. The number of amides is 2. The van der Waals surface area contributed by atoms with Gasteiger partial charge in [-0.15, -0.1) is 11.8 Å². The Balaban J connectivity index is 1.40. The number of rotatable bonds is 6. The highest BCUT2D eigenvalue weighted by atomic mass is 32.2. The highest BCUT2D eigenvalue weighted by molar-refractivity contribution is 8.03. The number of aliphatic hydroxyl groups excluding tert-OH is 1. The molecule has 2 amide bonds. The molecule has 6 atom stereocenters. The van der Waals surface area contributed by atoms with Gasteiger partial charge in [0.25, 0.3) is 0 Å². The molecular formula is C20H30N4O5S. The lowest BCUT2D eigenvalue weighted by Gasteiger charge is -2.46. The summed E-state index contributed by atoms with van der Waals surface area (Å²) < 4.78 is 0. The van der Waals surface area contributed by atoms with Gasteiger partial charge in [-0.05, 0) is 39.3 Å². The highest BCUT2D eigenvalue weighted by Crippen LogP contribution is 2.51. The van der Waals surface area contributed by atoms with Crippen LogP contribution in [0.4, 0.5) is 0 Å². The Labute approximate surface area is 180 Å². The molecule has 0 saturated carbocycles. The van der Waals surface area contributed by atoms with Crippen molar-refractivity contribution in [3.8, 4) is 0 Å². The molecule has 0 bridgehead atoms. The molecule has 4 rings (SSSR count). The average molecular weight is 439 g/mol. The zero-order valence-corrected chi connectivity index (χ0v) is 18.1. The average Bonchev–Trinajstić information content (AvgIpc) is 3.23. The summed E-state index contributed by atoms with van der Waals surface area (Å²) in [5.41, 5.74) is 0.0570. The quantitative estimate of drug-likeness (QED) is 0.357. The zero-order valence-electron chi connectivity index (χ0n) is 17.3. The Morgan fingerprint density at radius 1 is 1.30 bits per heavy atom. The maximum atomic E-state index is 12.5. The first-order valence-electron chi connectivity index (χ1n) is 10.7. The molecule has 3 fully saturated rings. The number of piperidine rings is 1. The summed E-state index contributed by atoms with van der Waals surface area (Å²) >= 11 is 1.49. The van der Waals surface area contributed by atoms with Crippen molar-refractivity contribution in [2.24, 2.45) is 17.8 Å². The number of nitrogens with one attached hydrogen (secondary N) is 3. The molecule has 0 aromatic carbocycles. The molecule has 10 heteroatoms. The molecule has 4 aliphatic rings. The molecule has 30 heavy (non-hydrogen) atoms. The lowest BCUT2D eigenvalue weighted by atomic mass is 9.79. The minimum absolute atomic E-state index is 0.0442. The second-order valence-corrected chi connectivity index (χ2v) is 10.1. The topological polar surface area (TPSA) is 131 Å². The van der Waals surface area contributed by atoms with E-state index >= 15 is 0 Å². The number of hydrogen-bond donors (Lipinski definition) is 5. The summed E-state index contributed by atoms with van der Waals surface area (Å²) in [5, 5.41) is 29.5. The fourth-order valence-electron chi connectivity index (χ4n) is 5.13. The molecule has 4 aliphatic heterocycles. The number of β-lactam (4-membered cyclic amide) rings is 1. The van der Waals surface area contributed by atoms with Crippen molar-refractivity contribution in [1.29, 1.82) is 0 Å². The third kappa shape index (κ3) is 3.74. The largest absolute Gasteiger partial charge is 0.477 e. The van der Waals surface area contributed by atoms with Crippen LogP contribution in [0.1, 0.15) is 33.1 Å². The molecule has 4 heterocycles. The van der Waals surface area contributed by atoms with Crippen LogP contribution in [0.5, 0.6) is 0 Å². The fourth-order valence-corrected chi connectivity index (χ4v) is 6.61. The van der Waals surface area contributed by atoms with Crippen molar-refractivity contribution in [3.05, 3.63) is 10.6 Å². The van der Waals surface area contributed by atoms with Gasteiger partial charge in [0.15, 0.2) is 0 Å². The van der Waals surface area contributed by atoms with Gasteiger partial charge in [0.2, 0.25) is 11.8 Å². The third-order valence-electron chi connectivity index (χ3n) is 6.72. The van der Waals surface area contributed by atoms with Crippen LogP contribution in [0.2, 0.25) is 0 Å². The normalized spacial score (nSPS) is 35.2. The molecule has 0 aliphatic carbocycles. The molecule has 166 valence electrons. The maximum absolute atomic E-state index is 12.5. The number of aliphatic carboxylic acids is 1. The Morgan fingerprint density at radius 3 is 2.63 bits per heavy atom. The molecule has 0 aromatic heterocycles. The van der Waals surface area contributed by atoms with Gasteiger partial charge in [-0.1, -0.05) is 6.92 Å². The number of fused-ring (bicyclic) bond motifs is 1. The van der Waals surface area contributed by atoms with Crippen molar-refractivity contribution >= 4 is 29.5 Å². The van der Waals surface area contributed by atoms with Crippen LogP contribution < -0.4 is 16.0 Å². The van der Waals surface area contributed by atoms with Crippen molar-refractivity contribution in [2.45, 2.75) is 56.7 Å². The lowest BCUT2D eigenvalue weighted by molar-refractivity contribution is -0.163. The molecule has 0 radical (unpaired) electrons. The van der Waals surface area contributed by atoms with Gasteiger partial charge in [-0.2, -0.15) is 0 Å². The summed E-state index contributed by atoms with van der Waals surface area (Å²) in [6.45, 7) is 5.89. The van der Waals surface area contributed by atoms with Gasteiger partial charge in [0.05, 0.1) is 24.2 Å². The predicted octanol–water partition coefficient (Wildman–Crippen LogP) is -0.323. The Bertz CT molecular complexity index is 766. The summed E-state index contributed by atoms with van der Waals surface area (Å²) in [4.78, 5) is 38.9. The molecular weight excluding hydrogens is 408 g/mol. The van der Waals surface area contributed by atoms with E-state index in [1.165, 1.54) is 16.7 Å². The molecule has 0 unspecified atom stereocenters. The second kappa shape index (κ2) is 8.49. The molecule has 5 N–H and O–H groups in total. The van der Waals surface area contributed by atoms with E-state index in [4.69, 9.17) is 0 Å². The van der Waals surface area contributed by atoms with Gasteiger partial charge in [-0.3, -0.25) is 14.9 Å². The van der Waals surface area contributed by atoms with Gasteiger partial charge in [0, 0.05) is 28.5 Å². The predicted molar refractivity (Wildman–Crippen MR) is 111 cm³/mol. The van der Waals surface area contributed by atoms with E-state index in [9.17, 15) is 24.6 Å². The molecule has 0 spiro atoms. The number of aliphatic hydroxyl groups is 1. The molecule has 3 saturated heterocycles. The standard InChI is InChI=1S/C20H30N4O5S/c1-9-15-14(10(2)25)19(27)24(15)16(20(28)29)17(9)30-12-7-13(22-8-12)23-18(26)11-3-5-21-6-4-11/h9-15,21-22,25H,3-8H2,1-2H3,(H,23,26)(H,28,29)/t9-,10-,12+,13+,14-,15-/m1/s1. The summed E-state index contributed by atoms with van der Waals surface area (Å²) in [7, 11) is 0. The number of carboxylic acid groups (broad SMARTS) is 1. The van der Waals surface area contributed by atoms with E-state index in [0.717, 1.165) is 25.9 Å². The Hall–Kier alpha value is -1.62. The Kier molecular flexibility index (Phi) is 6.11. The highest BCUT2D eigenvalue weighted by Gasteiger charge is 2.60. The maximum Gasteiger partial charge on any atom is 0.353 e. The fraction of sp³-hybridized carbons (Fsp3) is 0.750. The van der Waals surface area contributed by atoms with E-state index in [1.807, 2.05) is 6.92 Å². The van der Waals surface area contributed by atoms with Crippen molar-refractivity contribution in [3.63, 3.8) is 0 Å². The van der Waals surface area contributed by atoms with Crippen LogP contribution in [-0.2, 0) is 14.4 Å². The van der Waals surface area contributed by atoms with Crippen molar-refractivity contribution < 1.29 is 24.6 Å². The lowest BCUT2D eigenvalue weighted by Crippen LogP contribution is -2.63. The van der Waals surface area contributed by atoms with Crippen LogP contribution in [0.15, 0.2) is 10.6 Å². The summed E-state index contributed by atoms with van der Waals surface area (Å²) in [6.07, 6.45) is 1.46. The number of hydrogen-bond acceptors (Lipinski definition) is 7. The first-order chi connectivity index (χ1) is 14.3. The first-order valence-corrected chi connectivity index (χ1v) is 11.6. The van der Waals surface area contributed by atoms with Crippen LogP contribution in [0.25, 0.3) is 0 Å². The van der Waals surface area contributed by atoms with Crippen LogP contribution >= 0.6 is 11.8 Å². The number of carboxylic acids is 1. The van der Waals surface area contributed by atoms with E-state index in [2.05, 4.69) is 16.0 Å². The Morgan fingerprint density at radius 2 is 2.00 bits per heavy atom.